The summed E-state index contributed by atoms with van der Waals surface area (Å²) >= 11 is 12.8. The summed E-state index contributed by atoms with van der Waals surface area (Å²) in [6, 6.07) is 13.5. The fourth-order valence-corrected chi connectivity index (χ4v) is 4.12. The maximum Gasteiger partial charge on any atom is 0.298 e. The molecule has 1 aliphatic rings. The van der Waals surface area contributed by atoms with Crippen LogP contribution in [0.1, 0.15) is 5.76 Å². The zero-order valence-electron chi connectivity index (χ0n) is 16.3. The second kappa shape index (κ2) is 8.70. The fourth-order valence-electron chi connectivity index (χ4n) is 3.01. The van der Waals surface area contributed by atoms with E-state index < -0.39 is 11.1 Å². The number of halogens is 2. The van der Waals surface area contributed by atoms with E-state index in [4.69, 9.17) is 37.1 Å². The van der Waals surface area contributed by atoms with Gasteiger partial charge in [-0.1, -0.05) is 23.2 Å². The third-order valence-electron chi connectivity index (χ3n) is 4.53. The maximum absolute atomic E-state index is 13.0. The monoisotopic (exact) mass is 475 g/mol. The topological polar surface area (TPSA) is 69.0 Å². The van der Waals surface area contributed by atoms with Crippen LogP contribution in [0, 0.1) is 0 Å². The number of thioether (sulfide) groups is 1. The lowest BCUT2D eigenvalue weighted by molar-refractivity contribution is -0.113. The Morgan fingerprint density at radius 2 is 1.77 bits per heavy atom. The van der Waals surface area contributed by atoms with Gasteiger partial charge in [-0.15, -0.1) is 0 Å². The van der Waals surface area contributed by atoms with E-state index in [9.17, 15) is 9.59 Å². The molecule has 0 unspecified atom stereocenters. The summed E-state index contributed by atoms with van der Waals surface area (Å²) in [5.74, 6) is 1.41. The van der Waals surface area contributed by atoms with Crippen molar-refractivity contribution in [2.75, 3.05) is 19.1 Å². The highest BCUT2D eigenvalue weighted by Gasteiger charge is 2.38. The van der Waals surface area contributed by atoms with Crippen molar-refractivity contribution in [3.05, 3.63) is 69.2 Å². The second-order valence-corrected chi connectivity index (χ2v) is 8.19. The molecule has 6 nitrogen and oxygen atoms in total. The normalized spacial score (nSPS) is 15.1. The van der Waals surface area contributed by atoms with E-state index in [2.05, 4.69) is 0 Å². The van der Waals surface area contributed by atoms with Crippen LogP contribution in [0.15, 0.2) is 57.9 Å². The number of rotatable bonds is 5. The van der Waals surface area contributed by atoms with Crippen LogP contribution in [0.5, 0.6) is 11.5 Å². The molecule has 31 heavy (non-hydrogen) atoms. The van der Waals surface area contributed by atoms with E-state index in [1.54, 1.807) is 48.5 Å². The van der Waals surface area contributed by atoms with Gasteiger partial charge in [0.2, 0.25) is 0 Å². The predicted octanol–water partition coefficient (Wildman–Crippen LogP) is 6.51. The molecule has 0 aliphatic carbocycles. The van der Waals surface area contributed by atoms with Crippen molar-refractivity contribution in [3.8, 4) is 22.8 Å². The maximum atomic E-state index is 13.0. The summed E-state index contributed by atoms with van der Waals surface area (Å²) in [7, 11) is 2.98. The molecule has 0 saturated carbocycles. The third-order valence-corrected chi connectivity index (χ3v) is 6.13. The van der Waals surface area contributed by atoms with E-state index in [1.165, 1.54) is 20.3 Å². The number of nitrogens with zero attached hydrogens (tertiary/aromatic N) is 1. The van der Waals surface area contributed by atoms with Crippen LogP contribution in [0.2, 0.25) is 10.0 Å². The number of benzene rings is 2. The van der Waals surface area contributed by atoms with Crippen molar-refractivity contribution in [2.24, 2.45) is 0 Å². The van der Waals surface area contributed by atoms with E-state index in [0.717, 1.165) is 22.2 Å². The highest BCUT2D eigenvalue weighted by atomic mass is 35.5. The Bertz CT molecular complexity index is 1220. The number of ether oxygens (including phenoxy) is 2. The van der Waals surface area contributed by atoms with Crippen LogP contribution in [0.4, 0.5) is 10.5 Å². The average Bonchev–Trinajstić information content (AvgIpc) is 3.34. The highest BCUT2D eigenvalue weighted by molar-refractivity contribution is 8.19. The van der Waals surface area contributed by atoms with Gasteiger partial charge in [-0.3, -0.25) is 9.59 Å². The minimum atomic E-state index is -0.467. The van der Waals surface area contributed by atoms with E-state index in [-0.39, 0.29) is 4.91 Å². The lowest BCUT2D eigenvalue weighted by Gasteiger charge is -2.16. The number of methoxy groups -OCH3 is 2. The Labute approximate surface area is 192 Å². The van der Waals surface area contributed by atoms with Crippen LogP contribution in [0.25, 0.3) is 17.4 Å². The van der Waals surface area contributed by atoms with Crippen molar-refractivity contribution >= 4 is 57.9 Å². The molecule has 1 aliphatic heterocycles. The molecule has 4 rings (SSSR count). The van der Waals surface area contributed by atoms with Crippen molar-refractivity contribution in [1.82, 2.24) is 0 Å². The molecule has 2 heterocycles. The van der Waals surface area contributed by atoms with Crippen LogP contribution >= 0.6 is 35.0 Å². The Hall–Kier alpha value is -2.87. The van der Waals surface area contributed by atoms with Gasteiger partial charge in [-0.2, -0.15) is 0 Å². The standard InChI is InChI=1S/C22H15Cl2NO5S/c1-28-13-4-7-17(19(10-13)29-2)25-21(26)20(31-22(25)27)11-14-5-8-18(30-14)12-3-6-15(23)16(24)9-12/h3-11H,1-2H3/b20-11+. The molecule has 1 saturated heterocycles. The minimum absolute atomic E-state index is 0.234. The molecule has 0 N–H and O–H groups in total. The molecule has 2 aromatic carbocycles. The molecule has 1 aromatic heterocycles. The molecule has 2 amide bonds. The van der Waals surface area contributed by atoms with Crippen molar-refractivity contribution in [2.45, 2.75) is 0 Å². The molecular weight excluding hydrogens is 461 g/mol. The lowest BCUT2D eigenvalue weighted by atomic mass is 10.2. The number of carbonyl (C=O) groups excluding carboxylic acids is 2. The minimum Gasteiger partial charge on any atom is -0.497 e. The van der Waals surface area contributed by atoms with Gasteiger partial charge in [-0.25, -0.2) is 4.90 Å². The molecule has 0 bridgehead atoms. The SMILES string of the molecule is COc1ccc(N2C(=O)S/C(=C/c3ccc(-c4ccc(Cl)c(Cl)c4)o3)C2=O)c(OC)c1. The molecule has 3 aromatic rings. The first kappa shape index (κ1) is 21.4. The number of anilines is 1. The Kier molecular flexibility index (Phi) is 6.00. The fraction of sp³-hybridized carbons (Fsp3) is 0.0909. The molecule has 0 spiro atoms. The summed E-state index contributed by atoms with van der Waals surface area (Å²) in [5, 5.41) is 0.419. The largest absolute Gasteiger partial charge is 0.497 e. The second-order valence-electron chi connectivity index (χ2n) is 6.39. The Balaban J connectivity index is 1.62. The van der Waals surface area contributed by atoms with Gasteiger partial charge < -0.3 is 13.9 Å². The van der Waals surface area contributed by atoms with Gasteiger partial charge in [0, 0.05) is 17.7 Å². The Morgan fingerprint density at radius 1 is 0.968 bits per heavy atom. The first-order valence-corrected chi connectivity index (χ1v) is 10.5. The zero-order valence-corrected chi connectivity index (χ0v) is 18.7. The van der Waals surface area contributed by atoms with E-state index >= 15 is 0 Å². The average molecular weight is 476 g/mol. The number of hydrogen-bond donors (Lipinski definition) is 0. The van der Waals surface area contributed by atoms with E-state index in [0.29, 0.717) is 38.8 Å². The first-order valence-electron chi connectivity index (χ1n) is 8.96. The number of hydrogen-bond acceptors (Lipinski definition) is 6. The van der Waals surface area contributed by atoms with Crippen LogP contribution < -0.4 is 14.4 Å². The van der Waals surface area contributed by atoms with Crippen LogP contribution in [-0.2, 0) is 4.79 Å². The van der Waals surface area contributed by atoms with Crippen LogP contribution in [-0.4, -0.2) is 25.4 Å². The molecule has 158 valence electrons. The van der Waals surface area contributed by atoms with Gasteiger partial charge in [0.15, 0.2) is 0 Å². The summed E-state index contributed by atoms with van der Waals surface area (Å²) < 4.78 is 16.3. The summed E-state index contributed by atoms with van der Waals surface area (Å²) in [6.45, 7) is 0. The predicted molar refractivity (Wildman–Crippen MR) is 122 cm³/mol. The molecule has 9 heteroatoms. The van der Waals surface area contributed by atoms with Gasteiger partial charge in [-0.05, 0) is 54.2 Å². The number of furan rings is 1. The third kappa shape index (κ3) is 4.17. The molecule has 0 radical (unpaired) electrons. The molecule has 1 fully saturated rings. The smallest absolute Gasteiger partial charge is 0.298 e. The quantitative estimate of drug-likeness (QED) is 0.391. The Morgan fingerprint density at radius 3 is 2.48 bits per heavy atom. The van der Waals surface area contributed by atoms with Crippen LogP contribution in [0.3, 0.4) is 0 Å². The zero-order chi connectivity index (χ0) is 22.1. The molecular formula is C22H15Cl2NO5S. The lowest BCUT2D eigenvalue weighted by Crippen LogP contribution is -2.28. The van der Waals surface area contributed by atoms with Gasteiger partial charge >= 0.3 is 0 Å². The summed E-state index contributed by atoms with van der Waals surface area (Å²) in [4.78, 5) is 26.8. The van der Waals surface area contributed by atoms with Crippen molar-refractivity contribution < 1.29 is 23.5 Å². The van der Waals surface area contributed by atoms with Crippen molar-refractivity contribution in [3.63, 3.8) is 0 Å². The number of amides is 2. The highest BCUT2D eigenvalue weighted by Crippen LogP contribution is 2.41. The summed E-state index contributed by atoms with van der Waals surface area (Å²) in [6.07, 6.45) is 1.53. The number of imide groups is 1. The van der Waals surface area contributed by atoms with Gasteiger partial charge in [0.25, 0.3) is 11.1 Å². The van der Waals surface area contributed by atoms with E-state index in [1.807, 2.05) is 0 Å². The van der Waals surface area contributed by atoms with Gasteiger partial charge in [0.05, 0.1) is 34.9 Å². The number of carbonyl (C=O) groups is 2. The van der Waals surface area contributed by atoms with Crippen molar-refractivity contribution in [1.29, 1.82) is 0 Å². The summed E-state index contributed by atoms with van der Waals surface area (Å²) in [5.41, 5.74) is 1.08. The first-order chi connectivity index (χ1) is 14.9. The van der Waals surface area contributed by atoms with Gasteiger partial charge in [0.1, 0.15) is 23.0 Å². The molecule has 0 atom stereocenters.